The van der Waals surface area contributed by atoms with Crippen molar-refractivity contribution < 1.29 is 17.9 Å². The van der Waals surface area contributed by atoms with Crippen LogP contribution in [-0.4, -0.2) is 21.5 Å². The number of carbonyl (C=O) groups is 1. The predicted octanol–water partition coefficient (Wildman–Crippen LogP) is 3.95. The first kappa shape index (κ1) is 17.1. The molecule has 0 atom stereocenters. The zero-order valence-electron chi connectivity index (χ0n) is 11.5. The van der Waals surface area contributed by atoms with E-state index in [1.165, 1.54) is 25.3 Å². The maximum Gasteiger partial charge on any atom is 0.349 e. The van der Waals surface area contributed by atoms with Crippen LogP contribution >= 0.6 is 34.5 Å². The largest absolute Gasteiger partial charge is 0.465 e. The lowest BCUT2D eigenvalue weighted by Gasteiger charge is -2.10. The second-order valence-electron chi connectivity index (χ2n) is 4.33. The summed E-state index contributed by atoms with van der Waals surface area (Å²) in [7, 11) is -2.79. The number of esters is 1. The Hall–Kier alpha value is -1.28. The summed E-state index contributed by atoms with van der Waals surface area (Å²) in [5.74, 6) is -0.706. The monoisotopic (exact) mass is 379 g/mol. The Morgan fingerprint density at radius 2 is 1.82 bits per heavy atom. The quantitative estimate of drug-likeness (QED) is 0.816. The lowest BCUT2D eigenvalue weighted by atomic mass is 10.3. The summed E-state index contributed by atoms with van der Waals surface area (Å²) in [5.41, 5.74) is 0.657. The van der Waals surface area contributed by atoms with E-state index in [4.69, 9.17) is 23.2 Å². The summed E-state index contributed by atoms with van der Waals surface area (Å²) in [6.45, 7) is 1.60. The molecule has 0 saturated heterocycles. The smallest absolute Gasteiger partial charge is 0.349 e. The highest BCUT2D eigenvalue weighted by atomic mass is 35.5. The molecular weight excluding hydrogens is 369 g/mol. The normalized spacial score (nSPS) is 11.3. The molecule has 0 aliphatic heterocycles. The Kier molecular flexibility index (Phi) is 5.01. The number of hydrogen-bond donors (Lipinski definition) is 1. The van der Waals surface area contributed by atoms with Crippen LogP contribution in [-0.2, 0) is 14.8 Å². The minimum absolute atomic E-state index is 0.0145. The van der Waals surface area contributed by atoms with Crippen molar-refractivity contribution in [1.29, 1.82) is 0 Å². The van der Waals surface area contributed by atoms with Gasteiger partial charge in [-0.05, 0) is 36.1 Å². The van der Waals surface area contributed by atoms with Crippen molar-refractivity contribution in [2.75, 3.05) is 11.8 Å². The molecule has 0 saturated carbocycles. The van der Waals surface area contributed by atoms with Crippen molar-refractivity contribution >= 4 is 56.2 Å². The number of benzene rings is 1. The molecule has 0 unspecified atom stereocenters. The van der Waals surface area contributed by atoms with Crippen LogP contribution in [0.3, 0.4) is 0 Å². The molecular formula is C13H11Cl2NO4S2. The van der Waals surface area contributed by atoms with Gasteiger partial charge in [-0.1, -0.05) is 23.2 Å². The molecule has 1 heterocycles. The highest BCUT2D eigenvalue weighted by molar-refractivity contribution is 7.93. The fourth-order valence-corrected chi connectivity index (χ4v) is 5.09. The predicted molar refractivity (Wildman–Crippen MR) is 87.7 cm³/mol. The van der Waals surface area contributed by atoms with Gasteiger partial charge in [0.15, 0.2) is 0 Å². The van der Waals surface area contributed by atoms with Crippen LogP contribution in [0.5, 0.6) is 0 Å². The molecule has 0 bridgehead atoms. The van der Waals surface area contributed by atoms with Crippen LogP contribution in [0.2, 0.25) is 10.0 Å². The summed E-state index contributed by atoms with van der Waals surface area (Å²) >= 11 is 12.7. The summed E-state index contributed by atoms with van der Waals surface area (Å²) in [6.07, 6.45) is 0. The van der Waals surface area contributed by atoms with E-state index in [0.717, 1.165) is 11.3 Å². The van der Waals surface area contributed by atoms with E-state index in [-0.39, 0.29) is 15.5 Å². The molecule has 0 aliphatic carbocycles. The maximum atomic E-state index is 12.5. The average molecular weight is 380 g/mol. The van der Waals surface area contributed by atoms with Crippen molar-refractivity contribution in [2.45, 2.75) is 11.8 Å². The number of rotatable bonds is 4. The Bertz CT molecular complexity index is 810. The van der Waals surface area contributed by atoms with Gasteiger partial charge in [0.25, 0.3) is 10.0 Å². The van der Waals surface area contributed by atoms with Crippen LogP contribution < -0.4 is 4.72 Å². The van der Waals surface area contributed by atoms with Crippen LogP contribution in [0.4, 0.5) is 5.69 Å². The van der Waals surface area contributed by atoms with Gasteiger partial charge in [-0.2, -0.15) is 0 Å². The van der Waals surface area contributed by atoms with Crippen molar-refractivity contribution in [3.8, 4) is 0 Å². The third-order valence-corrected chi connectivity index (χ3v) is 5.88. The summed E-state index contributed by atoms with van der Waals surface area (Å²) < 4.78 is 32.1. The van der Waals surface area contributed by atoms with Crippen LogP contribution in [0.1, 0.15) is 15.2 Å². The number of halogens is 2. The van der Waals surface area contributed by atoms with E-state index in [2.05, 4.69) is 9.46 Å². The van der Waals surface area contributed by atoms with Gasteiger partial charge in [-0.3, -0.25) is 4.72 Å². The van der Waals surface area contributed by atoms with Gasteiger partial charge < -0.3 is 4.74 Å². The lowest BCUT2D eigenvalue weighted by Crippen LogP contribution is -2.16. The van der Waals surface area contributed by atoms with Crippen LogP contribution in [0.15, 0.2) is 28.5 Å². The highest BCUT2D eigenvalue weighted by Crippen LogP contribution is 2.30. The van der Waals surface area contributed by atoms with Gasteiger partial charge in [0.1, 0.15) is 9.77 Å². The third kappa shape index (κ3) is 3.55. The first-order valence-corrected chi connectivity index (χ1v) is 9.02. The van der Waals surface area contributed by atoms with Crippen molar-refractivity contribution in [3.05, 3.63) is 44.1 Å². The number of carbonyl (C=O) groups excluding carboxylic acids is 1. The fraction of sp³-hybridized carbons (Fsp3) is 0.154. The van der Waals surface area contributed by atoms with Crippen molar-refractivity contribution in [1.82, 2.24) is 0 Å². The van der Waals surface area contributed by atoms with Crippen molar-refractivity contribution in [3.63, 3.8) is 0 Å². The number of sulfonamides is 1. The SMILES string of the molecule is COC(=O)c1scc(C)c1S(=O)(=O)Nc1cc(Cl)cc(Cl)c1. The summed E-state index contributed by atoms with van der Waals surface area (Å²) in [5, 5.41) is 2.16. The topological polar surface area (TPSA) is 72.5 Å². The number of methoxy groups -OCH3 is 1. The zero-order valence-corrected chi connectivity index (χ0v) is 14.7. The molecule has 118 valence electrons. The van der Waals surface area contributed by atoms with E-state index < -0.39 is 16.0 Å². The van der Waals surface area contributed by atoms with Crippen molar-refractivity contribution in [2.24, 2.45) is 0 Å². The molecule has 0 spiro atoms. The molecule has 0 fully saturated rings. The zero-order chi connectivity index (χ0) is 16.5. The Morgan fingerprint density at radius 3 is 2.36 bits per heavy atom. The first-order valence-electron chi connectivity index (χ1n) is 5.90. The maximum absolute atomic E-state index is 12.5. The average Bonchev–Trinajstić information content (AvgIpc) is 2.78. The van der Waals surface area contributed by atoms with Gasteiger partial charge in [0, 0.05) is 10.0 Å². The Morgan fingerprint density at radius 1 is 1.23 bits per heavy atom. The molecule has 1 aromatic heterocycles. The first-order chi connectivity index (χ1) is 10.2. The fourth-order valence-electron chi connectivity index (χ4n) is 1.82. The van der Waals surface area contributed by atoms with Gasteiger partial charge in [0.2, 0.25) is 0 Å². The summed E-state index contributed by atoms with van der Waals surface area (Å²) in [4.78, 5) is 11.6. The number of aryl methyl sites for hydroxylation is 1. The van der Waals surface area contributed by atoms with Crippen LogP contribution in [0.25, 0.3) is 0 Å². The minimum atomic E-state index is -3.98. The van der Waals surface area contributed by atoms with E-state index in [9.17, 15) is 13.2 Å². The molecule has 0 aliphatic rings. The van der Waals surface area contributed by atoms with E-state index in [0.29, 0.717) is 15.6 Å². The van der Waals surface area contributed by atoms with Gasteiger partial charge in [-0.25, -0.2) is 13.2 Å². The summed E-state index contributed by atoms with van der Waals surface area (Å²) in [6, 6.07) is 4.33. The standard InChI is InChI=1S/C13H11Cl2NO4S2/c1-7-6-21-11(13(17)20-2)12(7)22(18,19)16-10-4-8(14)3-9(15)5-10/h3-6,16H,1-2H3. The number of hydrogen-bond acceptors (Lipinski definition) is 5. The van der Waals surface area contributed by atoms with E-state index >= 15 is 0 Å². The number of nitrogens with one attached hydrogen (secondary N) is 1. The number of ether oxygens (including phenoxy) is 1. The molecule has 0 radical (unpaired) electrons. The Balaban J connectivity index is 2.47. The molecule has 5 nitrogen and oxygen atoms in total. The number of thiophene rings is 1. The highest BCUT2D eigenvalue weighted by Gasteiger charge is 2.27. The van der Waals surface area contributed by atoms with Gasteiger partial charge >= 0.3 is 5.97 Å². The van der Waals surface area contributed by atoms with Gasteiger partial charge in [0.05, 0.1) is 12.8 Å². The number of anilines is 1. The Labute approximate surface area is 141 Å². The molecule has 1 aromatic carbocycles. The third-order valence-electron chi connectivity index (χ3n) is 2.67. The molecule has 2 rings (SSSR count). The molecule has 9 heteroatoms. The lowest BCUT2D eigenvalue weighted by molar-refractivity contribution is 0.0602. The molecule has 22 heavy (non-hydrogen) atoms. The molecule has 0 amide bonds. The van der Waals surface area contributed by atoms with Gasteiger partial charge in [-0.15, -0.1) is 11.3 Å². The molecule has 2 aromatic rings. The van der Waals surface area contributed by atoms with E-state index in [1.807, 2.05) is 0 Å². The minimum Gasteiger partial charge on any atom is -0.465 e. The second-order valence-corrected chi connectivity index (χ2v) is 7.70. The molecule has 1 N–H and O–H groups in total. The van der Waals surface area contributed by atoms with Crippen LogP contribution in [0, 0.1) is 6.92 Å². The van der Waals surface area contributed by atoms with E-state index in [1.54, 1.807) is 12.3 Å². The second kappa shape index (κ2) is 6.45.